The van der Waals surface area contributed by atoms with Gasteiger partial charge in [0.1, 0.15) is 4.90 Å². The highest BCUT2D eigenvalue weighted by atomic mass is 32.2. The molecular formula is C14H19N3O2S. The second kappa shape index (κ2) is 6.19. The molecule has 0 amide bonds. The minimum atomic E-state index is -3.47. The Kier molecular flexibility index (Phi) is 4.57. The van der Waals surface area contributed by atoms with Crippen LogP contribution < -0.4 is 0 Å². The highest BCUT2D eigenvalue weighted by molar-refractivity contribution is 7.89. The minimum absolute atomic E-state index is 0.257. The fraction of sp³-hybridized carbons (Fsp3) is 0.357. The van der Waals surface area contributed by atoms with E-state index in [1.165, 1.54) is 10.5 Å². The van der Waals surface area contributed by atoms with Crippen molar-refractivity contribution in [2.75, 3.05) is 13.1 Å². The van der Waals surface area contributed by atoms with Crippen molar-refractivity contribution in [1.29, 1.82) is 0 Å². The Morgan fingerprint density at radius 2 is 1.95 bits per heavy atom. The Morgan fingerprint density at radius 1 is 1.25 bits per heavy atom. The summed E-state index contributed by atoms with van der Waals surface area (Å²) in [5.41, 5.74) is 1.70. The Bertz CT molecular complexity index is 650. The second-order valence-corrected chi connectivity index (χ2v) is 6.50. The number of sulfonamides is 1. The minimum Gasteiger partial charge on any atom is -0.281 e. The lowest BCUT2D eigenvalue weighted by atomic mass is 10.1. The second-order valence-electron chi connectivity index (χ2n) is 4.59. The molecule has 0 saturated carbocycles. The van der Waals surface area contributed by atoms with Crippen LogP contribution in [0.3, 0.4) is 0 Å². The topological polar surface area (TPSA) is 66.1 Å². The molecule has 1 heterocycles. The Morgan fingerprint density at radius 3 is 2.50 bits per heavy atom. The molecule has 0 unspecified atom stereocenters. The lowest BCUT2D eigenvalue weighted by Crippen LogP contribution is -2.33. The average Bonchev–Trinajstić information content (AvgIpc) is 2.87. The van der Waals surface area contributed by atoms with Crippen LogP contribution in [0, 0.1) is 6.92 Å². The first-order chi connectivity index (χ1) is 9.55. The van der Waals surface area contributed by atoms with E-state index in [2.05, 4.69) is 10.2 Å². The monoisotopic (exact) mass is 293 g/mol. The van der Waals surface area contributed by atoms with Crippen LogP contribution in [-0.4, -0.2) is 36.0 Å². The SMILES string of the molecule is CCN(CCc1ccccc1)S(=O)(=O)c1cn[nH]c1C. The summed E-state index contributed by atoms with van der Waals surface area (Å²) < 4.78 is 26.5. The summed E-state index contributed by atoms with van der Waals surface area (Å²) in [6, 6.07) is 9.88. The Hall–Kier alpha value is -1.66. The van der Waals surface area contributed by atoms with Crippen LogP contribution in [0.2, 0.25) is 0 Å². The number of hydrogen-bond donors (Lipinski definition) is 1. The molecular weight excluding hydrogens is 274 g/mol. The Labute approximate surface area is 119 Å². The molecule has 20 heavy (non-hydrogen) atoms. The van der Waals surface area contributed by atoms with Gasteiger partial charge in [0, 0.05) is 13.1 Å². The van der Waals surface area contributed by atoms with Crippen LogP contribution in [-0.2, 0) is 16.4 Å². The fourth-order valence-electron chi connectivity index (χ4n) is 2.09. The van der Waals surface area contributed by atoms with Crippen molar-refractivity contribution in [2.24, 2.45) is 0 Å². The number of benzene rings is 1. The molecule has 0 aliphatic rings. The van der Waals surface area contributed by atoms with Gasteiger partial charge in [-0.25, -0.2) is 8.42 Å². The fourth-order valence-corrected chi connectivity index (χ4v) is 3.65. The summed E-state index contributed by atoms with van der Waals surface area (Å²) >= 11 is 0. The highest BCUT2D eigenvalue weighted by Gasteiger charge is 2.25. The molecule has 0 radical (unpaired) electrons. The van der Waals surface area contributed by atoms with Gasteiger partial charge in [-0.1, -0.05) is 37.3 Å². The predicted molar refractivity (Wildman–Crippen MR) is 77.9 cm³/mol. The summed E-state index contributed by atoms with van der Waals surface area (Å²) in [6.07, 6.45) is 2.07. The predicted octanol–water partition coefficient (Wildman–Crippen LogP) is 1.97. The number of aromatic amines is 1. The first-order valence-corrected chi connectivity index (χ1v) is 8.03. The van der Waals surface area contributed by atoms with E-state index in [-0.39, 0.29) is 4.90 Å². The number of rotatable bonds is 6. The van der Waals surface area contributed by atoms with E-state index in [1.54, 1.807) is 6.92 Å². The Balaban J connectivity index is 2.14. The van der Waals surface area contributed by atoms with E-state index >= 15 is 0 Å². The molecule has 5 nitrogen and oxygen atoms in total. The van der Waals surface area contributed by atoms with Crippen LogP contribution >= 0.6 is 0 Å². The lowest BCUT2D eigenvalue weighted by molar-refractivity contribution is 0.431. The molecule has 1 N–H and O–H groups in total. The van der Waals surface area contributed by atoms with Crippen molar-refractivity contribution < 1.29 is 8.42 Å². The number of hydrogen-bond acceptors (Lipinski definition) is 3. The van der Waals surface area contributed by atoms with E-state index in [4.69, 9.17) is 0 Å². The largest absolute Gasteiger partial charge is 0.281 e. The summed E-state index contributed by atoms with van der Waals surface area (Å²) in [4.78, 5) is 0.257. The third-order valence-corrected chi connectivity index (χ3v) is 5.33. The van der Waals surface area contributed by atoms with Crippen LogP contribution in [0.4, 0.5) is 0 Å². The van der Waals surface area contributed by atoms with Gasteiger partial charge in [0.15, 0.2) is 0 Å². The van der Waals surface area contributed by atoms with E-state index in [0.29, 0.717) is 25.2 Å². The standard InChI is InChI=1S/C14H19N3O2S/c1-3-17(10-9-13-7-5-4-6-8-13)20(18,19)14-11-15-16-12(14)2/h4-8,11H,3,9-10H2,1-2H3,(H,15,16). The molecule has 1 aromatic carbocycles. The van der Waals surface area contributed by atoms with Gasteiger partial charge < -0.3 is 0 Å². The zero-order valence-electron chi connectivity index (χ0n) is 11.7. The highest BCUT2D eigenvalue weighted by Crippen LogP contribution is 2.17. The zero-order valence-corrected chi connectivity index (χ0v) is 12.5. The van der Waals surface area contributed by atoms with Gasteiger partial charge in [0.2, 0.25) is 10.0 Å². The van der Waals surface area contributed by atoms with E-state index in [0.717, 1.165) is 5.56 Å². The molecule has 108 valence electrons. The van der Waals surface area contributed by atoms with Crippen molar-refractivity contribution in [3.63, 3.8) is 0 Å². The number of aryl methyl sites for hydroxylation is 1. The molecule has 1 aromatic heterocycles. The molecule has 2 aromatic rings. The zero-order chi connectivity index (χ0) is 14.6. The van der Waals surface area contributed by atoms with E-state index < -0.39 is 10.0 Å². The molecule has 0 aliphatic carbocycles. The van der Waals surface area contributed by atoms with Crippen LogP contribution in [0.15, 0.2) is 41.4 Å². The molecule has 0 saturated heterocycles. The van der Waals surface area contributed by atoms with Crippen molar-refractivity contribution >= 4 is 10.0 Å². The number of H-pyrrole nitrogens is 1. The van der Waals surface area contributed by atoms with Crippen molar-refractivity contribution in [2.45, 2.75) is 25.2 Å². The molecule has 6 heteroatoms. The van der Waals surface area contributed by atoms with E-state index in [9.17, 15) is 8.42 Å². The quantitative estimate of drug-likeness (QED) is 0.885. The van der Waals surface area contributed by atoms with Gasteiger partial charge in [-0.2, -0.15) is 9.40 Å². The van der Waals surface area contributed by atoms with Gasteiger partial charge in [0.05, 0.1) is 11.9 Å². The lowest BCUT2D eigenvalue weighted by Gasteiger charge is -2.20. The van der Waals surface area contributed by atoms with Crippen LogP contribution in [0.25, 0.3) is 0 Å². The third-order valence-electron chi connectivity index (χ3n) is 3.25. The van der Waals surface area contributed by atoms with Gasteiger partial charge >= 0.3 is 0 Å². The van der Waals surface area contributed by atoms with Crippen molar-refractivity contribution in [3.8, 4) is 0 Å². The first kappa shape index (κ1) is 14.7. The maximum atomic E-state index is 12.5. The first-order valence-electron chi connectivity index (χ1n) is 6.59. The number of likely N-dealkylation sites (N-methyl/N-ethyl adjacent to an activating group) is 1. The summed E-state index contributed by atoms with van der Waals surface area (Å²) in [6.45, 7) is 4.47. The smallest absolute Gasteiger partial charge is 0.246 e. The molecule has 0 aliphatic heterocycles. The number of nitrogens with zero attached hydrogens (tertiary/aromatic N) is 2. The average molecular weight is 293 g/mol. The molecule has 0 bridgehead atoms. The van der Waals surface area contributed by atoms with Crippen molar-refractivity contribution in [3.05, 3.63) is 47.8 Å². The normalized spacial score (nSPS) is 11.9. The molecule has 0 atom stereocenters. The van der Waals surface area contributed by atoms with Crippen molar-refractivity contribution in [1.82, 2.24) is 14.5 Å². The van der Waals surface area contributed by atoms with Gasteiger partial charge in [-0.15, -0.1) is 0 Å². The maximum Gasteiger partial charge on any atom is 0.246 e. The summed E-state index contributed by atoms with van der Waals surface area (Å²) in [5, 5.41) is 6.46. The molecule has 0 fully saturated rings. The van der Waals surface area contributed by atoms with E-state index in [1.807, 2.05) is 37.3 Å². The van der Waals surface area contributed by atoms with Gasteiger partial charge in [0.25, 0.3) is 0 Å². The molecule has 2 rings (SSSR count). The number of nitrogens with one attached hydrogen (secondary N) is 1. The maximum absolute atomic E-state index is 12.5. The third kappa shape index (κ3) is 3.08. The summed E-state index contributed by atoms with van der Waals surface area (Å²) in [5.74, 6) is 0. The van der Waals surface area contributed by atoms with Crippen LogP contribution in [0.5, 0.6) is 0 Å². The molecule has 0 spiro atoms. The van der Waals surface area contributed by atoms with Crippen LogP contribution in [0.1, 0.15) is 18.2 Å². The van der Waals surface area contributed by atoms with Gasteiger partial charge in [-0.3, -0.25) is 5.10 Å². The van der Waals surface area contributed by atoms with Gasteiger partial charge in [-0.05, 0) is 18.9 Å². The summed E-state index contributed by atoms with van der Waals surface area (Å²) in [7, 11) is -3.47. The number of aromatic nitrogens is 2.